The van der Waals surface area contributed by atoms with Crippen LogP contribution in [0.5, 0.6) is 0 Å². The summed E-state index contributed by atoms with van der Waals surface area (Å²) in [6.07, 6.45) is 0.901. The van der Waals surface area contributed by atoms with E-state index >= 15 is 0 Å². The minimum absolute atomic E-state index is 0.0751. The Hall–Kier alpha value is -7.82. The van der Waals surface area contributed by atoms with Crippen molar-refractivity contribution in [2.24, 2.45) is 0 Å². The molecule has 68 heavy (non-hydrogen) atoms. The quantitative estimate of drug-likeness (QED) is 0.149. The number of para-hydroxylation sites is 3. The third-order valence-corrected chi connectivity index (χ3v) is 14.6. The van der Waals surface area contributed by atoms with Gasteiger partial charge in [-0.3, -0.25) is 0 Å². The van der Waals surface area contributed by atoms with Crippen molar-refractivity contribution < 1.29 is 0 Å². The van der Waals surface area contributed by atoms with Crippen molar-refractivity contribution in [1.29, 1.82) is 0 Å². The van der Waals surface area contributed by atoms with Crippen LogP contribution in [0.15, 0.2) is 200 Å². The van der Waals surface area contributed by atoms with Crippen LogP contribution in [0.2, 0.25) is 0 Å². The first-order valence-electron chi connectivity index (χ1n) is 24.0. The van der Waals surface area contributed by atoms with E-state index in [9.17, 15) is 0 Å². The zero-order valence-corrected chi connectivity index (χ0v) is 40.0. The summed E-state index contributed by atoms with van der Waals surface area (Å²) in [4.78, 5) is 2.22. The van der Waals surface area contributed by atoms with Gasteiger partial charge in [0, 0.05) is 69.2 Å². The number of anilines is 1. The first kappa shape index (κ1) is 41.6. The van der Waals surface area contributed by atoms with Crippen molar-refractivity contribution in [2.45, 2.75) is 51.9 Å². The summed E-state index contributed by atoms with van der Waals surface area (Å²) in [6.45, 7) is 11.6. The highest BCUT2D eigenvalue weighted by atomic mass is 15.1. The molecule has 0 saturated carbocycles. The summed E-state index contributed by atoms with van der Waals surface area (Å²) >= 11 is 0. The standard InChI is InChI=1S/C64H56N4/c1-63(2,3)45-28-33-49(34-29-45)67-57-35-24-42(41-64(4,5)46-30-37-59-54(40-46)50-18-11-13-20-55(50)66(59)47-16-9-8-10-17-47)38-52(57)53-39-44(27-36-58(53)67)43-25-31-48(32-26-43)68-56-21-14-12-19-51(56)62-60(65(6)7)22-15-23-61(62)68/h8-40H,41H2,1-7H3. The molecule has 0 fully saturated rings. The number of aromatic nitrogens is 3. The van der Waals surface area contributed by atoms with Crippen LogP contribution in [0.1, 0.15) is 51.3 Å². The van der Waals surface area contributed by atoms with E-state index < -0.39 is 0 Å². The van der Waals surface area contributed by atoms with Crippen LogP contribution >= 0.6 is 0 Å². The predicted molar refractivity (Wildman–Crippen MR) is 291 cm³/mol. The molecular weight excluding hydrogens is 825 g/mol. The monoisotopic (exact) mass is 880 g/mol. The van der Waals surface area contributed by atoms with Gasteiger partial charge in [-0.1, -0.05) is 138 Å². The average molecular weight is 881 g/mol. The highest BCUT2D eigenvalue weighted by Crippen LogP contribution is 2.41. The number of benzene rings is 9. The van der Waals surface area contributed by atoms with Gasteiger partial charge >= 0.3 is 0 Å². The van der Waals surface area contributed by atoms with Crippen LogP contribution in [-0.4, -0.2) is 27.8 Å². The molecule has 12 rings (SSSR count). The second-order valence-corrected chi connectivity index (χ2v) is 20.7. The zero-order chi connectivity index (χ0) is 46.5. The van der Waals surface area contributed by atoms with E-state index in [4.69, 9.17) is 0 Å². The molecule has 0 aliphatic heterocycles. The molecule has 0 spiro atoms. The summed E-state index contributed by atoms with van der Waals surface area (Å²) in [5.74, 6) is 0. The highest BCUT2D eigenvalue weighted by Gasteiger charge is 2.25. The number of nitrogens with zero attached hydrogens (tertiary/aromatic N) is 4. The fourth-order valence-electron chi connectivity index (χ4n) is 11.1. The van der Waals surface area contributed by atoms with Crippen LogP contribution in [0.25, 0.3) is 93.6 Å². The van der Waals surface area contributed by atoms with Crippen LogP contribution in [0, 0.1) is 0 Å². The highest BCUT2D eigenvalue weighted by molar-refractivity contribution is 6.15. The van der Waals surface area contributed by atoms with E-state index in [2.05, 4.69) is 268 Å². The Bertz CT molecular complexity index is 3890. The molecule has 12 aromatic rings. The first-order valence-corrected chi connectivity index (χ1v) is 24.0. The van der Waals surface area contributed by atoms with Crippen LogP contribution in [0.3, 0.4) is 0 Å². The van der Waals surface area contributed by atoms with Crippen molar-refractivity contribution in [1.82, 2.24) is 13.7 Å². The molecule has 9 aromatic carbocycles. The number of hydrogen-bond donors (Lipinski definition) is 0. The third kappa shape index (κ3) is 6.73. The molecule has 0 atom stereocenters. The average Bonchev–Trinajstić information content (AvgIpc) is 3.99. The molecule has 4 heteroatoms. The molecular formula is C64H56N4. The van der Waals surface area contributed by atoms with E-state index in [1.165, 1.54) is 110 Å². The molecule has 3 heterocycles. The Balaban J connectivity index is 0.956. The molecule has 0 radical (unpaired) electrons. The van der Waals surface area contributed by atoms with E-state index in [-0.39, 0.29) is 10.8 Å². The van der Waals surface area contributed by atoms with Crippen molar-refractivity contribution in [3.05, 3.63) is 217 Å². The lowest BCUT2D eigenvalue weighted by molar-refractivity contribution is 0.523. The maximum absolute atomic E-state index is 2.47. The Morgan fingerprint density at radius 3 is 1.53 bits per heavy atom. The van der Waals surface area contributed by atoms with Crippen molar-refractivity contribution >= 4 is 71.1 Å². The SMILES string of the molecule is CN(C)c1cccc2c1c1ccccc1n2-c1ccc(-c2ccc3c(c2)c2cc(CC(C)(C)c4ccc5c(c4)c4ccccc4n5-c4ccccc4)ccc2n3-c2ccc(C(C)(C)C)cc2)cc1. The van der Waals surface area contributed by atoms with Crippen molar-refractivity contribution in [3.8, 4) is 28.2 Å². The predicted octanol–water partition coefficient (Wildman–Crippen LogP) is 16.5. The van der Waals surface area contributed by atoms with E-state index in [0.717, 1.165) is 12.1 Å². The molecule has 0 N–H and O–H groups in total. The van der Waals surface area contributed by atoms with Gasteiger partial charge in [0.05, 0.1) is 33.1 Å². The molecule has 3 aromatic heterocycles. The van der Waals surface area contributed by atoms with Gasteiger partial charge < -0.3 is 18.6 Å². The lowest BCUT2D eigenvalue weighted by Crippen LogP contribution is -2.20. The van der Waals surface area contributed by atoms with Gasteiger partial charge in [0.1, 0.15) is 0 Å². The van der Waals surface area contributed by atoms with Gasteiger partial charge in [0.25, 0.3) is 0 Å². The molecule has 0 saturated heterocycles. The molecule has 332 valence electrons. The maximum Gasteiger partial charge on any atom is 0.0561 e. The number of rotatable bonds is 8. The largest absolute Gasteiger partial charge is 0.377 e. The molecule has 0 unspecified atom stereocenters. The summed E-state index contributed by atoms with van der Waals surface area (Å²) in [7, 11) is 4.25. The van der Waals surface area contributed by atoms with E-state index in [1.54, 1.807) is 0 Å². The fraction of sp³-hybridized carbons (Fsp3) is 0.156. The van der Waals surface area contributed by atoms with E-state index in [0.29, 0.717) is 0 Å². The van der Waals surface area contributed by atoms with Gasteiger partial charge in [0.2, 0.25) is 0 Å². The lowest BCUT2D eigenvalue weighted by atomic mass is 9.78. The van der Waals surface area contributed by atoms with Gasteiger partial charge in [-0.25, -0.2) is 0 Å². The van der Waals surface area contributed by atoms with Crippen LogP contribution in [0.4, 0.5) is 5.69 Å². The molecule has 0 aliphatic carbocycles. The normalized spacial score (nSPS) is 12.4. The molecule has 0 bridgehead atoms. The third-order valence-electron chi connectivity index (χ3n) is 14.6. The summed E-state index contributed by atoms with van der Waals surface area (Å²) in [5, 5.41) is 7.65. The molecule has 0 amide bonds. The van der Waals surface area contributed by atoms with Crippen molar-refractivity contribution in [2.75, 3.05) is 19.0 Å². The number of fused-ring (bicyclic) bond motifs is 9. The Kier molecular flexibility index (Phi) is 9.57. The van der Waals surface area contributed by atoms with Gasteiger partial charge in [0.15, 0.2) is 0 Å². The lowest BCUT2D eigenvalue weighted by Gasteiger charge is -2.26. The smallest absolute Gasteiger partial charge is 0.0561 e. The minimum atomic E-state index is -0.129. The van der Waals surface area contributed by atoms with Crippen LogP contribution in [-0.2, 0) is 17.3 Å². The topological polar surface area (TPSA) is 18.0 Å². The Labute approximate surface area is 398 Å². The minimum Gasteiger partial charge on any atom is -0.377 e. The summed E-state index contributed by atoms with van der Waals surface area (Å²) < 4.78 is 7.27. The van der Waals surface area contributed by atoms with Crippen LogP contribution < -0.4 is 4.90 Å². The van der Waals surface area contributed by atoms with Crippen molar-refractivity contribution in [3.63, 3.8) is 0 Å². The summed E-state index contributed by atoms with van der Waals surface area (Å²) in [5.41, 5.74) is 18.4. The fourth-order valence-corrected chi connectivity index (χ4v) is 11.1. The first-order chi connectivity index (χ1) is 32.9. The number of hydrogen-bond acceptors (Lipinski definition) is 1. The Morgan fingerprint density at radius 2 is 0.853 bits per heavy atom. The van der Waals surface area contributed by atoms with E-state index in [1.807, 2.05) is 0 Å². The molecule has 0 aliphatic rings. The van der Waals surface area contributed by atoms with Gasteiger partial charge in [-0.2, -0.15) is 0 Å². The Morgan fingerprint density at radius 1 is 0.368 bits per heavy atom. The maximum atomic E-state index is 2.47. The zero-order valence-electron chi connectivity index (χ0n) is 40.0. The summed E-state index contributed by atoms with van der Waals surface area (Å²) in [6, 6.07) is 74.7. The second kappa shape index (κ2) is 15.6. The second-order valence-electron chi connectivity index (χ2n) is 20.7. The van der Waals surface area contributed by atoms with Gasteiger partial charge in [-0.15, -0.1) is 0 Å². The molecule has 4 nitrogen and oxygen atoms in total. The van der Waals surface area contributed by atoms with Gasteiger partial charge in [-0.05, 0) is 142 Å².